The highest BCUT2D eigenvalue weighted by molar-refractivity contribution is 5.90. The Hall–Kier alpha value is -3.29. The maximum absolute atomic E-state index is 13.8. The Morgan fingerprint density at radius 2 is 1.54 bits per heavy atom. The number of alkyl halides is 8. The number of fused-ring (bicyclic) bond motifs is 2. The molecule has 0 aliphatic carbocycles. The molecule has 1 atom stereocenters. The van der Waals surface area contributed by atoms with Crippen molar-refractivity contribution in [1.82, 2.24) is 5.32 Å². The van der Waals surface area contributed by atoms with Crippen LogP contribution in [0.25, 0.3) is 0 Å². The van der Waals surface area contributed by atoms with E-state index in [9.17, 15) is 39.9 Å². The lowest BCUT2D eigenvalue weighted by molar-refractivity contribution is -0.286. The van der Waals surface area contributed by atoms with Gasteiger partial charge in [-0.3, -0.25) is 4.90 Å². The lowest BCUT2D eigenvalue weighted by Gasteiger charge is -2.28. The molecule has 1 unspecified atom stereocenters. The third kappa shape index (κ3) is 6.65. The molecule has 2 aliphatic rings. The number of amides is 1. The highest BCUT2D eigenvalue weighted by Crippen LogP contribution is 2.47. The molecule has 2 aromatic carbocycles. The number of carbonyl (C=O) groups excluding carboxylic acids is 1. The van der Waals surface area contributed by atoms with Gasteiger partial charge in [0.15, 0.2) is 11.5 Å². The number of ether oxygens (including phenoxy) is 3. The Bertz CT molecular complexity index is 1220. The van der Waals surface area contributed by atoms with Gasteiger partial charge in [0.05, 0.1) is 16.8 Å². The van der Waals surface area contributed by atoms with Gasteiger partial charge in [0.1, 0.15) is 5.60 Å². The summed E-state index contributed by atoms with van der Waals surface area (Å²) in [5, 5.41) is 2.91. The molecule has 0 aromatic heterocycles. The van der Waals surface area contributed by atoms with Gasteiger partial charge < -0.3 is 19.5 Å². The van der Waals surface area contributed by atoms with Crippen molar-refractivity contribution >= 4 is 11.8 Å². The molecule has 0 saturated heterocycles. The predicted molar refractivity (Wildman–Crippen MR) is 121 cm³/mol. The second kappa shape index (κ2) is 9.72. The standard InChI is InChI=1S/C25H24F8N2O4/c1-22(2,3)39-21(36)35-6-4-5-17(16-10-19-20(11-18(16)35)38-25(32,33)37-19)34-12-13-7-14(23(26,27)28)9-15(8-13)24(29,30)31/h7-11,17,34H,4-6,12H2,1-3H3. The summed E-state index contributed by atoms with van der Waals surface area (Å²) in [7, 11) is 0. The minimum absolute atomic E-state index is 0.0317. The van der Waals surface area contributed by atoms with Gasteiger partial charge >= 0.3 is 24.7 Å². The van der Waals surface area contributed by atoms with Crippen LogP contribution in [0.1, 0.15) is 61.9 Å². The first-order valence-corrected chi connectivity index (χ1v) is 11.8. The zero-order valence-electron chi connectivity index (χ0n) is 20.9. The van der Waals surface area contributed by atoms with Gasteiger partial charge in [-0.05, 0) is 69.0 Å². The number of hydrogen-bond donors (Lipinski definition) is 1. The summed E-state index contributed by atoms with van der Waals surface area (Å²) < 4.78 is 122. The molecule has 2 aliphatic heterocycles. The van der Waals surface area contributed by atoms with Crippen LogP contribution in [0.2, 0.25) is 0 Å². The van der Waals surface area contributed by atoms with Crippen LogP contribution in [0.15, 0.2) is 30.3 Å². The van der Waals surface area contributed by atoms with Gasteiger partial charge in [-0.25, -0.2) is 4.79 Å². The van der Waals surface area contributed by atoms with E-state index in [4.69, 9.17) is 4.74 Å². The van der Waals surface area contributed by atoms with Crippen molar-refractivity contribution in [2.45, 2.75) is 70.4 Å². The van der Waals surface area contributed by atoms with Gasteiger partial charge in [-0.15, -0.1) is 8.78 Å². The van der Waals surface area contributed by atoms with Gasteiger partial charge in [0, 0.05) is 25.2 Å². The van der Waals surface area contributed by atoms with Crippen molar-refractivity contribution in [2.75, 3.05) is 11.4 Å². The van der Waals surface area contributed by atoms with Crippen molar-refractivity contribution in [3.05, 3.63) is 52.6 Å². The Morgan fingerprint density at radius 1 is 0.974 bits per heavy atom. The summed E-state index contributed by atoms with van der Waals surface area (Å²) in [5.74, 6) is -0.685. The van der Waals surface area contributed by atoms with E-state index < -0.39 is 54.1 Å². The van der Waals surface area contributed by atoms with Crippen molar-refractivity contribution < 1.29 is 54.1 Å². The molecule has 214 valence electrons. The third-order valence-electron chi connectivity index (χ3n) is 5.91. The fourth-order valence-corrected chi connectivity index (χ4v) is 4.32. The monoisotopic (exact) mass is 568 g/mol. The van der Waals surface area contributed by atoms with Crippen molar-refractivity contribution in [3.63, 3.8) is 0 Å². The number of rotatable bonds is 3. The second-order valence-electron chi connectivity index (χ2n) is 10.1. The smallest absolute Gasteiger partial charge is 0.443 e. The van der Waals surface area contributed by atoms with Crippen LogP contribution in [-0.4, -0.2) is 24.5 Å². The first-order chi connectivity index (χ1) is 17.8. The summed E-state index contributed by atoms with van der Waals surface area (Å²) in [6.07, 6.45) is -14.2. The Morgan fingerprint density at radius 3 is 2.08 bits per heavy atom. The summed E-state index contributed by atoms with van der Waals surface area (Å²) in [6.45, 7) is 4.58. The first kappa shape index (κ1) is 28.7. The van der Waals surface area contributed by atoms with Crippen LogP contribution in [0.3, 0.4) is 0 Å². The average molecular weight is 568 g/mol. The number of anilines is 1. The number of nitrogens with zero attached hydrogens (tertiary/aromatic N) is 1. The van der Waals surface area contributed by atoms with Crippen LogP contribution >= 0.6 is 0 Å². The van der Waals surface area contributed by atoms with Crippen LogP contribution in [0, 0.1) is 0 Å². The molecule has 39 heavy (non-hydrogen) atoms. The molecule has 2 aromatic rings. The lowest BCUT2D eigenvalue weighted by Crippen LogP contribution is -2.37. The van der Waals surface area contributed by atoms with Gasteiger partial charge in [-0.2, -0.15) is 26.3 Å². The first-order valence-electron chi connectivity index (χ1n) is 11.8. The number of carbonyl (C=O) groups is 1. The summed E-state index contributed by atoms with van der Waals surface area (Å²) >= 11 is 0. The maximum atomic E-state index is 13.8. The predicted octanol–water partition coefficient (Wildman–Crippen LogP) is 7.41. The lowest BCUT2D eigenvalue weighted by atomic mass is 9.99. The molecule has 1 N–H and O–H groups in total. The van der Waals surface area contributed by atoms with Crippen LogP contribution in [0.5, 0.6) is 11.5 Å². The van der Waals surface area contributed by atoms with Crippen molar-refractivity contribution in [2.24, 2.45) is 0 Å². The van der Waals surface area contributed by atoms with Crippen LogP contribution < -0.4 is 19.7 Å². The van der Waals surface area contributed by atoms with E-state index in [1.807, 2.05) is 0 Å². The van der Waals surface area contributed by atoms with E-state index in [2.05, 4.69) is 14.8 Å². The normalized spacial score (nSPS) is 18.9. The third-order valence-corrected chi connectivity index (χ3v) is 5.91. The zero-order valence-corrected chi connectivity index (χ0v) is 20.9. The minimum atomic E-state index is -5.01. The molecule has 6 nitrogen and oxygen atoms in total. The summed E-state index contributed by atoms with van der Waals surface area (Å²) in [4.78, 5) is 14.2. The van der Waals surface area contributed by atoms with Crippen LogP contribution in [-0.2, 0) is 23.6 Å². The SMILES string of the molecule is CC(C)(C)OC(=O)N1CCCC(NCc2cc(C(F)(F)F)cc(C(F)(F)F)c2)c2cc3c(cc21)OC(F)(F)O3. The van der Waals surface area contributed by atoms with Crippen LogP contribution in [0.4, 0.5) is 45.6 Å². The van der Waals surface area contributed by atoms with E-state index in [0.717, 1.165) is 0 Å². The molecule has 14 heteroatoms. The van der Waals surface area contributed by atoms with Gasteiger partial charge in [-0.1, -0.05) is 0 Å². The van der Waals surface area contributed by atoms with E-state index >= 15 is 0 Å². The maximum Gasteiger partial charge on any atom is 0.586 e. The highest BCUT2D eigenvalue weighted by Gasteiger charge is 2.45. The minimum Gasteiger partial charge on any atom is -0.443 e. The molecule has 1 amide bonds. The molecule has 0 spiro atoms. The Labute approximate surface area is 217 Å². The van der Waals surface area contributed by atoms with Crippen molar-refractivity contribution in [1.29, 1.82) is 0 Å². The molecular formula is C25H24F8N2O4. The summed E-state index contributed by atoms with van der Waals surface area (Å²) in [5.41, 5.74) is -3.72. The largest absolute Gasteiger partial charge is 0.586 e. The van der Waals surface area contributed by atoms with Gasteiger partial charge in [0.2, 0.25) is 0 Å². The number of hydrogen-bond acceptors (Lipinski definition) is 5. The quantitative estimate of drug-likeness (QED) is 0.391. The fourth-order valence-electron chi connectivity index (χ4n) is 4.32. The molecule has 0 bridgehead atoms. The zero-order chi connectivity index (χ0) is 29.0. The van der Waals surface area contributed by atoms with E-state index in [1.54, 1.807) is 20.8 Å². The molecular weight excluding hydrogens is 544 g/mol. The molecule has 0 fully saturated rings. The Kier molecular flexibility index (Phi) is 7.15. The molecule has 2 heterocycles. The number of nitrogens with one attached hydrogen (secondary N) is 1. The second-order valence-corrected chi connectivity index (χ2v) is 10.1. The van der Waals surface area contributed by atoms with Crippen molar-refractivity contribution in [3.8, 4) is 11.5 Å². The molecule has 4 rings (SSSR count). The number of halogens is 8. The Balaban J connectivity index is 1.70. The molecule has 0 radical (unpaired) electrons. The molecule has 0 saturated carbocycles. The summed E-state index contributed by atoms with van der Waals surface area (Å²) in [6, 6.07) is 2.85. The number of benzene rings is 2. The van der Waals surface area contributed by atoms with Gasteiger partial charge in [0.25, 0.3) is 0 Å². The fraction of sp³-hybridized carbons (Fsp3) is 0.480. The highest BCUT2D eigenvalue weighted by atomic mass is 19.4. The van der Waals surface area contributed by atoms with E-state index in [-0.39, 0.29) is 47.3 Å². The van der Waals surface area contributed by atoms with E-state index in [0.29, 0.717) is 18.6 Å². The average Bonchev–Trinajstić information content (AvgIpc) is 2.96. The van der Waals surface area contributed by atoms with E-state index in [1.165, 1.54) is 17.0 Å². The topological polar surface area (TPSA) is 60.0 Å².